The maximum Gasteiger partial charge on any atom is 0.292 e. The lowest BCUT2D eigenvalue weighted by atomic mass is 10.0. The van der Waals surface area contributed by atoms with Gasteiger partial charge in [-0.1, -0.05) is 0 Å². The van der Waals surface area contributed by atoms with Crippen molar-refractivity contribution < 1.29 is 32.6 Å². The summed E-state index contributed by atoms with van der Waals surface area (Å²) in [6, 6.07) is 3.78. The summed E-state index contributed by atoms with van der Waals surface area (Å²) in [5.74, 6) is -5.79. The predicted molar refractivity (Wildman–Crippen MR) is 120 cm³/mol. The van der Waals surface area contributed by atoms with Gasteiger partial charge in [0.2, 0.25) is 0 Å². The van der Waals surface area contributed by atoms with Crippen molar-refractivity contribution in [3.8, 4) is 6.07 Å². The van der Waals surface area contributed by atoms with Crippen LogP contribution < -0.4 is 16.0 Å². The predicted octanol–water partition coefficient (Wildman–Crippen LogP) is 2.89. The fourth-order valence-electron chi connectivity index (χ4n) is 2.51. The van der Waals surface area contributed by atoms with E-state index in [1.165, 1.54) is 13.8 Å². The van der Waals surface area contributed by atoms with Crippen molar-refractivity contribution >= 4 is 23.2 Å². The maximum absolute atomic E-state index is 14.3. The smallest absolute Gasteiger partial charge is 0.292 e. The Hall–Kier alpha value is -3.50. The Balaban J connectivity index is 2.34. The molecule has 0 aliphatic carbocycles. The molecule has 13 heteroatoms. The lowest BCUT2D eigenvalue weighted by molar-refractivity contribution is -0.151. The van der Waals surface area contributed by atoms with Crippen LogP contribution in [0.2, 0.25) is 0 Å². The number of nitrogens with zero attached hydrogens (tertiary/aromatic N) is 3. The molecule has 190 valence electrons. The summed E-state index contributed by atoms with van der Waals surface area (Å²) in [6.45, 7) is 2.61. The molecule has 2 heterocycles. The standard InChI is InChI=1S/C22H26F4N6O3/c1-20(2,34)16(24)10-30-19(33)13-9-28-17(32-18-14(23)5-12(7-27)8-29-18)6-15(13)31-11-22(25,26)21(3,4)35/h5-6,8-9,16,34-35H,10-11H2,1-4H3,(H,30,33)(H2,28,29,31,32). The Kier molecular flexibility index (Phi) is 8.25. The molecule has 0 radical (unpaired) electrons. The Morgan fingerprint density at radius 3 is 2.37 bits per heavy atom. The van der Waals surface area contributed by atoms with Crippen LogP contribution in [0.4, 0.5) is 34.9 Å². The second-order valence-electron chi connectivity index (χ2n) is 8.85. The minimum atomic E-state index is -3.62. The maximum atomic E-state index is 14.3. The van der Waals surface area contributed by atoms with E-state index in [4.69, 9.17) is 5.26 Å². The van der Waals surface area contributed by atoms with Gasteiger partial charge < -0.3 is 26.2 Å². The zero-order valence-electron chi connectivity index (χ0n) is 19.5. The van der Waals surface area contributed by atoms with Gasteiger partial charge in [-0.05, 0) is 33.8 Å². The lowest BCUT2D eigenvalue weighted by Crippen LogP contribution is -2.47. The van der Waals surface area contributed by atoms with Crippen molar-refractivity contribution in [2.75, 3.05) is 23.7 Å². The van der Waals surface area contributed by atoms with Crippen molar-refractivity contribution in [2.45, 2.75) is 51.0 Å². The van der Waals surface area contributed by atoms with Gasteiger partial charge in [0.1, 0.15) is 23.7 Å². The zero-order chi connectivity index (χ0) is 26.6. The summed E-state index contributed by atoms with van der Waals surface area (Å²) in [4.78, 5) is 20.3. The summed E-state index contributed by atoms with van der Waals surface area (Å²) in [6.07, 6.45) is 0.273. The number of anilines is 3. The van der Waals surface area contributed by atoms with Crippen LogP contribution in [0.15, 0.2) is 24.5 Å². The van der Waals surface area contributed by atoms with Crippen LogP contribution >= 0.6 is 0 Å². The fraction of sp³-hybridized carbons (Fsp3) is 0.455. The van der Waals surface area contributed by atoms with E-state index in [9.17, 15) is 32.6 Å². The first-order chi connectivity index (χ1) is 16.0. The number of carbonyl (C=O) groups is 1. The number of nitrogens with one attached hydrogen (secondary N) is 3. The SMILES string of the molecule is CC(C)(O)C(F)CNC(=O)c1cnc(Nc2ncc(C#N)cc2F)cc1NCC(F)(F)C(C)(C)O. The average Bonchev–Trinajstić information content (AvgIpc) is 2.75. The number of hydrogen-bond acceptors (Lipinski definition) is 8. The molecular weight excluding hydrogens is 472 g/mol. The average molecular weight is 498 g/mol. The number of alkyl halides is 3. The van der Waals surface area contributed by atoms with Crippen LogP contribution in [-0.4, -0.2) is 62.5 Å². The highest BCUT2D eigenvalue weighted by Gasteiger charge is 2.45. The van der Waals surface area contributed by atoms with Gasteiger partial charge >= 0.3 is 0 Å². The number of halogens is 4. The van der Waals surface area contributed by atoms with E-state index in [1.54, 1.807) is 6.07 Å². The van der Waals surface area contributed by atoms with Crippen molar-refractivity contribution in [1.82, 2.24) is 15.3 Å². The van der Waals surface area contributed by atoms with E-state index in [0.29, 0.717) is 0 Å². The quantitative estimate of drug-likeness (QED) is 0.315. The molecular formula is C22H26F4N6O3. The Bertz CT molecular complexity index is 1110. The summed E-state index contributed by atoms with van der Waals surface area (Å²) >= 11 is 0. The van der Waals surface area contributed by atoms with E-state index in [1.807, 2.05) is 0 Å². The monoisotopic (exact) mass is 498 g/mol. The molecule has 9 nitrogen and oxygen atoms in total. The molecule has 1 atom stereocenters. The molecule has 0 saturated heterocycles. The third-order valence-electron chi connectivity index (χ3n) is 4.97. The Morgan fingerprint density at radius 1 is 1.17 bits per heavy atom. The summed E-state index contributed by atoms with van der Waals surface area (Å²) in [7, 11) is 0. The number of hydrogen-bond donors (Lipinski definition) is 5. The zero-order valence-corrected chi connectivity index (χ0v) is 19.5. The van der Waals surface area contributed by atoms with Crippen LogP contribution in [0.25, 0.3) is 0 Å². The molecule has 1 unspecified atom stereocenters. The third-order valence-corrected chi connectivity index (χ3v) is 4.97. The minimum Gasteiger partial charge on any atom is -0.387 e. The molecule has 2 aromatic rings. The molecule has 0 aliphatic heterocycles. The van der Waals surface area contributed by atoms with E-state index in [2.05, 4.69) is 25.9 Å². The normalized spacial score (nSPS) is 13.1. The topological polar surface area (TPSA) is 143 Å². The van der Waals surface area contributed by atoms with Gasteiger partial charge in [0.25, 0.3) is 11.8 Å². The summed E-state index contributed by atoms with van der Waals surface area (Å²) in [5, 5.41) is 35.3. The lowest BCUT2D eigenvalue weighted by Gasteiger charge is -2.29. The van der Waals surface area contributed by atoms with Gasteiger partial charge in [-0.25, -0.2) is 27.5 Å². The molecule has 2 aromatic heterocycles. The first-order valence-electron chi connectivity index (χ1n) is 10.4. The summed E-state index contributed by atoms with van der Waals surface area (Å²) < 4.78 is 56.8. The minimum absolute atomic E-state index is 0.0264. The van der Waals surface area contributed by atoms with E-state index >= 15 is 0 Å². The Labute approximate surface area is 199 Å². The molecule has 0 saturated carbocycles. The molecule has 0 spiro atoms. The van der Waals surface area contributed by atoms with Crippen molar-refractivity contribution in [1.29, 1.82) is 5.26 Å². The fourth-order valence-corrected chi connectivity index (χ4v) is 2.51. The van der Waals surface area contributed by atoms with Crippen LogP contribution in [0.3, 0.4) is 0 Å². The number of rotatable bonds is 10. The van der Waals surface area contributed by atoms with Crippen LogP contribution in [0.5, 0.6) is 0 Å². The third kappa shape index (κ3) is 7.24. The number of aliphatic hydroxyl groups is 2. The number of pyridine rings is 2. The molecule has 5 N–H and O–H groups in total. The van der Waals surface area contributed by atoms with Crippen molar-refractivity contribution in [3.63, 3.8) is 0 Å². The first-order valence-corrected chi connectivity index (χ1v) is 10.4. The number of carbonyl (C=O) groups excluding carboxylic acids is 1. The number of nitriles is 1. The molecule has 0 aromatic carbocycles. The molecule has 2 rings (SSSR count). The highest BCUT2D eigenvalue weighted by atomic mass is 19.3. The molecule has 0 fully saturated rings. The van der Waals surface area contributed by atoms with Gasteiger partial charge in [0.05, 0.1) is 35.5 Å². The first kappa shape index (κ1) is 27.7. The number of amides is 1. The molecule has 1 amide bonds. The van der Waals surface area contributed by atoms with Gasteiger partial charge in [-0.2, -0.15) is 5.26 Å². The molecule has 35 heavy (non-hydrogen) atoms. The van der Waals surface area contributed by atoms with Crippen LogP contribution in [-0.2, 0) is 0 Å². The van der Waals surface area contributed by atoms with Gasteiger partial charge in [-0.15, -0.1) is 0 Å². The van der Waals surface area contributed by atoms with E-state index < -0.39 is 48.1 Å². The highest BCUT2D eigenvalue weighted by Crippen LogP contribution is 2.30. The van der Waals surface area contributed by atoms with Crippen LogP contribution in [0.1, 0.15) is 43.6 Å². The van der Waals surface area contributed by atoms with Crippen molar-refractivity contribution in [2.24, 2.45) is 0 Å². The van der Waals surface area contributed by atoms with E-state index in [-0.39, 0.29) is 28.5 Å². The largest absolute Gasteiger partial charge is 0.387 e. The number of aromatic nitrogens is 2. The highest BCUT2D eigenvalue weighted by molar-refractivity contribution is 5.99. The van der Waals surface area contributed by atoms with Crippen LogP contribution in [0, 0.1) is 17.1 Å². The second kappa shape index (κ2) is 10.4. The molecule has 0 bridgehead atoms. The summed E-state index contributed by atoms with van der Waals surface area (Å²) in [5.41, 5.74) is -4.58. The van der Waals surface area contributed by atoms with Gasteiger partial charge in [-0.3, -0.25) is 4.79 Å². The second-order valence-corrected chi connectivity index (χ2v) is 8.85. The van der Waals surface area contributed by atoms with Gasteiger partial charge in [0, 0.05) is 18.5 Å². The van der Waals surface area contributed by atoms with Gasteiger partial charge in [0.15, 0.2) is 11.6 Å². The van der Waals surface area contributed by atoms with E-state index in [0.717, 1.165) is 38.4 Å². The molecule has 0 aliphatic rings. The van der Waals surface area contributed by atoms with Crippen molar-refractivity contribution in [3.05, 3.63) is 41.5 Å². The Morgan fingerprint density at radius 2 is 1.83 bits per heavy atom.